The van der Waals surface area contributed by atoms with Crippen molar-refractivity contribution in [1.29, 1.82) is 0 Å². The number of benzene rings is 1. The van der Waals surface area contributed by atoms with Gasteiger partial charge >= 0.3 is 6.03 Å². The smallest absolute Gasteiger partial charge is 0.318 e. The molecule has 0 unspecified atom stereocenters. The predicted octanol–water partition coefficient (Wildman–Crippen LogP) is 3.40. The first kappa shape index (κ1) is 19.9. The molecule has 1 aromatic heterocycles. The van der Waals surface area contributed by atoms with Crippen LogP contribution in [0.3, 0.4) is 0 Å². The minimum Gasteiger partial charge on any atom is -0.349 e. The fourth-order valence-electron chi connectivity index (χ4n) is 2.33. The quantitative estimate of drug-likeness (QED) is 0.780. The van der Waals surface area contributed by atoms with Crippen molar-refractivity contribution in [2.75, 3.05) is 0 Å². The minimum absolute atomic E-state index is 0.0163. The molecule has 140 valence electrons. The van der Waals surface area contributed by atoms with Crippen LogP contribution in [0.4, 0.5) is 4.79 Å². The zero-order chi connectivity index (χ0) is 19.1. The summed E-state index contributed by atoms with van der Waals surface area (Å²) in [5.74, 6) is -0.188. The highest BCUT2D eigenvalue weighted by Crippen LogP contribution is 2.15. The van der Waals surface area contributed by atoms with Crippen molar-refractivity contribution in [2.45, 2.75) is 52.9 Å². The maximum Gasteiger partial charge on any atom is 0.318 e. The number of rotatable bonds is 7. The summed E-state index contributed by atoms with van der Waals surface area (Å²) in [4.78, 5) is 30.7. The van der Waals surface area contributed by atoms with Crippen LogP contribution in [0.1, 0.15) is 48.8 Å². The van der Waals surface area contributed by atoms with Crippen LogP contribution in [-0.4, -0.2) is 33.9 Å². The second-order valence-corrected chi connectivity index (χ2v) is 7.56. The van der Waals surface area contributed by atoms with Gasteiger partial charge in [0.25, 0.3) is 5.91 Å². The number of hydrogen-bond acceptors (Lipinski definition) is 4. The Hall–Kier alpha value is -2.41. The zero-order valence-corrected chi connectivity index (χ0v) is 16.5. The highest BCUT2D eigenvalue weighted by atomic mass is 32.1. The molecule has 0 saturated heterocycles. The average molecular weight is 375 g/mol. The van der Waals surface area contributed by atoms with E-state index in [1.165, 1.54) is 11.3 Å². The number of aromatic nitrogens is 1. The van der Waals surface area contributed by atoms with E-state index in [1.807, 2.05) is 58.0 Å². The molecule has 2 aromatic rings. The van der Waals surface area contributed by atoms with Crippen molar-refractivity contribution >= 4 is 23.3 Å². The molecule has 0 saturated carbocycles. The van der Waals surface area contributed by atoms with Gasteiger partial charge in [-0.2, -0.15) is 0 Å². The topological polar surface area (TPSA) is 74.3 Å². The Kier molecular flexibility index (Phi) is 7.15. The van der Waals surface area contributed by atoms with Gasteiger partial charge in [0.15, 0.2) is 0 Å². The summed E-state index contributed by atoms with van der Waals surface area (Å²) in [5.41, 5.74) is 1.44. The molecular weight excluding hydrogens is 348 g/mol. The van der Waals surface area contributed by atoms with Crippen molar-refractivity contribution < 1.29 is 9.59 Å². The largest absolute Gasteiger partial charge is 0.349 e. The Bertz CT molecular complexity index is 728. The van der Waals surface area contributed by atoms with E-state index in [2.05, 4.69) is 15.6 Å². The maximum atomic E-state index is 12.6. The summed E-state index contributed by atoms with van der Waals surface area (Å²) in [6.07, 6.45) is 0. The van der Waals surface area contributed by atoms with Gasteiger partial charge in [-0.25, -0.2) is 9.78 Å². The number of nitrogens with zero attached hydrogens (tertiary/aromatic N) is 2. The molecule has 0 bridgehead atoms. The Balaban J connectivity index is 1.98. The Morgan fingerprint density at radius 2 is 1.85 bits per heavy atom. The maximum absolute atomic E-state index is 12.6. The van der Waals surface area contributed by atoms with E-state index in [9.17, 15) is 9.59 Å². The highest BCUT2D eigenvalue weighted by molar-refractivity contribution is 7.09. The predicted molar refractivity (Wildman–Crippen MR) is 104 cm³/mol. The summed E-state index contributed by atoms with van der Waals surface area (Å²) in [7, 11) is 0. The first-order valence-electron chi connectivity index (χ1n) is 8.70. The fraction of sp³-hybridized carbons (Fsp3) is 0.421. The second-order valence-electron chi connectivity index (χ2n) is 6.62. The van der Waals surface area contributed by atoms with E-state index in [0.29, 0.717) is 18.8 Å². The number of amides is 3. The molecular formula is C19H26N4O2S. The lowest BCUT2D eigenvalue weighted by molar-refractivity contribution is 0.0938. The molecule has 0 aliphatic carbocycles. The van der Waals surface area contributed by atoms with E-state index in [1.54, 1.807) is 10.3 Å². The molecule has 6 nitrogen and oxygen atoms in total. The molecule has 3 amide bonds. The molecule has 0 fully saturated rings. The molecule has 26 heavy (non-hydrogen) atoms. The van der Waals surface area contributed by atoms with Crippen LogP contribution in [0.2, 0.25) is 0 Å². The monoisotopic (exact) mass is 374 g/mol. The molecule has 0 spiro atoms. The van der Waals surface area contributed by atoms with E-state index in [-0.39, 0.29) is 24.0 Å². The van der Waals surface area contributed by atoms with Gasteiger partial charge in [0.1, 0.15) is 10.7 Å². The zero-order valence-electron chi connectivity index (χ0n) is 15.7. The third-order valence-corrected chi connectivity index (χ3v) is 4.51. The van der Waals surface area contributed by atoms with Gasteiger partial charge in [-0.3, -0.25) is 4.79 Å². The second kappa shape index (κ2) is 9.33. The lowest BCUT2D eigenvalue weighted by Crippen LogP contribution is -2.43. The summed E-state index contributed by atoms with van der Waals surface area (Å²) in [5, 5.41) is 8.23. The van der Waals surface area contributed by atoms with Crippen LogP contribution in [0.25, 0.3) is 0 Å². The molecule has 2 N–H and O–H groups in total. The number of urea groups is 1. The molecule has 0 atom stereocenters. The number of thiazole rings is 1. The Morgan fingerprint density at radius 1 is 1.15 bits per heavy atom. The van der Waals surface area contributed by atoms with Gasteiger partial charge in [0, 0.05) is 24.0 Å². The van der Waals surface area contributed by atoms with Crippen LogP contribution >= 0.6 is 11.3 Å². The summed E-state index contributed by atoms with van der Waals surface area (Å²) in [6, 6.07) is 9.71. The van der Waals surface area contributed by atoms with E-state index in [4.69, 9.17) is 0 Å². The standard InChI is InChI=1S/C19H26N4O2S/c1-13(2)21-18(24)16-12-26-17(22-16)11-23(14(3)4)19(25)20-10-15-8-6-5-7-9-15/h5-9,12-14H,10-11H2,1-4H3,(H,20,25)(H,21,24). The summed E-state index contributed by atoms with van der Waals surface area (Å²) >= 11 is 1.39. The average Bonchev–Trinajstić information content (AvgIpc) is 3.06. The normalized spacial score (nSPS) is 10.8. The van der Waals surface area contributed by atoms with Crippen LogP contribution in [0.15, 0.2) is 35.7 Å². The lowest BCUT2D eigenvalue weighted by Gasteiger charge is -2.26. The molecule has 0 aliphatic heterocycles. The number of hydrogen-bond donors (Lipinski definition) is 2. The number of carbonyl (C=O) groups is 2. The van der Waals surface area contributed by atoms with Gasteiger partial charge in [0.2, 0.25) is 0 Å². The molecule has 7 heteroatoms. The van der Waals surface area contributed by atoms with Crippen molar-refractivity contribution in [2.24, 2.45) is 0 Å². The minimum atomic E-state index is -0.188. The number of carbonyl (C=O) groups excluding carboxylic acids is 2. The summed E-state index contributed by atoms with van der Waals surface area (Å²) in [6.45, 7) is 8.58. The Labute approximate surface area is 158 Å². The Morgan fingerprint density at radius 3 is 2.46 bits per heavy atom. The van der Waals surface area contributed by atoms with Crippen LogP contribution < -0.4 is 10.6 Å². The SMILES string of the molecule is CC(C)NC(=O)c1csc(CN(C(=O)NCc2ccccc2)C(C)C)n1. The third-order valence-electron chi connectivity index (χ3n) is 3.68. The molecule has 1 heterocycles. The lowest BCUT2D eigenvalue weighted by atomic mass is 10.2. The van der Waals surface area contributed by atoms with Gasteiger partial charge in [0.05, 0.1) is 6.54 Å². The summed E-state index contributed by atoms with van der Waals surface area (Å²) < 4.78 is 0. The van der Waals surface area contributed by atoms with Crippen molar-refractivity contribution in [3.63, 3.8) is 0 Å². The van der Waals surface area contributed by atoms with Crippen LogP contribution in [0.5, 0.6) is 0 Å². The number of nitrogens with one attached hydrogen (secondary N) is 2. The first-order valence-corrected chi connectivity index (χ1v) is 9.58. The van der Waals surface area contributed by atoms with Crippen LogP contribution in [0, 0.1) is 0 Å². The third kappa shape index (κ3) is 5.84. The molecule has 0 aliphatic rings. The molecule has 0 radical (unpaired) electrons. The van der Waals surface area contributed by atoms with Crippen molar-refractivity contribution in [1.82, 2.24) is 20.5 Å². The van der Waals surface area contributed by atoms with Crippen molar-refractivity contribution in [3.8, 4) is 0 Å². The van der Waals surface area contributed by atoms with E-state index >= 15 is 0 Å². The van der Waals surface area contributed by atoms with E-state index < -0.39 is 0 Å². The highest BCUT2D eigenvalue weighted by Gasteiger charge is 2.20. The van der Waals surface area contributed by atoms with Crippen molar-refractivity contribution in [3.05, 3.63) is 52.0 Å². The molecule has 2 rings (SSSR count). The van der Waals surface area contributed by atoms with Crippen LogP contribution in [-0.2, 0) is 13.1 Å². The van der Waals surface area contributed by atoms with Gasteiger partial charge in [-0.05, 0) is 33.3 Å². The first-order chi connectivity index (χ1) is 12.4. The van der Waals surface area contributed by atoms with Gasteiger partial charge in [-0.1, -0.05) is 30.3 Å². The van der Waals surface area contributed by atoms with Gasteiger partial charge in [-0.15, -0.1) is 11.3 Å². The van der Waals surface area contributed by atoms with Gasteiger partial charge < -0.3 is 15.5 Å². The fourth-order valence-corrected chi connectivity index (χ4v) is 3.11. The van der Waals surface area contributed by atoms with E-state index in [0.717, 1.165) is 10.6 Å². The molecule has 1 aromatic carbocycles.